The van der Waals surface area contributed by atoms with Gasteiger partial charge in [-0.3, -0.25) is 9.59 Å². The van der Waals surface area contributed by atoms with Gasteiger partial charge < -0.3 is 29.8 Å². The molecule has 0 aliphatic heterocycles. The van der Waals surface area contributed by atoms with Gasteiger partial charge in [0.15, 0.2) is 11.5 Å². The van der Waals surface area contributed by atoms with E-state index in [1.807, 2.05) is 0 Å². The van der Waals surface area contributed by atoms with Crippen LogP contribution in [-0.4, -0.2) is 38.1 Å². The van der Waals surface area contributed by atoms with Gasteiger partial charge in [-0.15, -0.1) is 0 Å². The van der Waals surface area contributed by atoms with Crippen molar-refractivity contribution in [3.63, 3.8) is 0 Å². The molecular weight excluding hydrogens is 374 g/mol. The molecule has 0 fully saturated rings. The summed E-state index contributed by atoms with van der Waals surface area (Å²) >= 11 is 0. The Morgan fingerprint density at radius 1 is 0.931 bits per heavy atom. The van der Waals surface area contributed by atoms with Crippen LogP contribution in [0, 0.1) is 0 Å². The number of carbonyl (C=O) groups is 2. The predicted molar refractivity (Wildman–Crippen MR) is 111 cm³/mol. The molecule has 8 heteroatoms. The molecule has 0 aliphatic carbocycles. The number of amides is 2. The van der Waals surface area contributed by atoms with Crippen molar-refractivity contribution in [1.29, 1.82) is 0 Å². The number of hydrogen-bond donors (Lipinski definition) is 3. The molecule has 2 amide bonds. The van der Waals surface area contributed by atoms with Crippen LogP contribution in [0.15, 0.2) is 36.4 Å². The van der Waals surface area contributed by atoms with Gasteiger partial charge in [0.25, 0.3) is 5.91 Å². The molecule has 3 aromatic rings. The van der Waals surface area contributed by atoms with Gasteiger partial charge in [0.2, 0.25) is 5.91 Å². The molecule has 0 bridgehead atoms. The third-order valence-electron chi connectivity index (χ3n) is 4.41. The van der Waals surface area contributed by atoms with Gasteiger partial charge in [0, 0.05) is 29.2 Å². The van der Waals surface area contributed by atoms with E-state index < -0.39 is 0 Å². The van der Waals surface area contributed by atoms with Gasteiger partial charge in [-0.05, 0) is 24.3 Å². The minimum absolute atomic E-state index is 0.0998. The SMILES string of the molecule is CCC(=O)Nc1cccc(NC(=O)c2cc3c(OC)cc(OC)c(OC)c3[nH]2)c1. The van der Waals surface area contributed by atoms with Crippen LogP contribution in [0.25, 0.3) is 10.9 Å². The fourth-order valence-electron chi connectivity index (χ4n) is 2.98. The van der Waals surface area contributed by atoms with Crippen LogP contribution in [-0.2, 0) is 4.79 Å². The molecule has 0 unspecified atom stereocenters. The van der Waals surface area contributed by atoms with Crippen LogP contribution >= 0.6 is 0 Å². The molecular formula is C21H23N3O5. The Kier molecular flexibility index (Phi) is 5.92. The number of ether oxygens (including phenoxy) is 3. The molecule has 29 heavy (non-hydrogen) atoms. The van der Waals surface area contributed by atoms with Crippen molar-refractivity contribution in [2.24, 2.45) is 0 Å². The first-order valence-electron chi connectivity index (χ1n) is 9.03. The highest BCUT2D eigenvalue weighted by Gasteiger charge is 2.19. The van der Waals surface area contributed by atoms with Gasteiger partial charge in [-0.1, -0.05) is 13.0 Å². The number of anilines is 2. The van der Waals surface area contributed by atoms with Crippen molar-refractivity contribution < 1.29 is 23.8 Å². The first-order valence-corrected chi connectivity index (χ1v) is 9.03. The Labute approximate surface area is 168 Å². The van der Waals surface area contributed by atoms with Crippen LogP contribution in [0.3, 0.4) is 0 Å². The molecule has 3 rings (SSSR count). The molecule has 0 radical (unpaired) electrons. The molecule has 0 spiro atoms. The summed E-state index contributed by atoms with van der Waals surface area (Å²) in [6, 6.07) is 10.3. The highest BCUT2D eigenvalue weighted by atomic mass is 16.5. The fraction of sp³-hybridized carbons (Fsp3) is 0.238. The second-order valence-electron chi connectivity index (χ2n) is 6.22. The Morgan fingerprint density at radius 2 is 1.62 bits per heavy atom. The van der Waals surface area contributed by atoms with Crippen molar-refractivity contribution in [2.75, 3.05) is 32.0 Å². The van der Waals surface area contributed by atoms with E-state index in [-0.39, 0.29) is 11.8 Å². The highest BCUT2D eigenvalue weighted by Crippen LogP contribution is 2.41. The van der Waals surface area contributed by atoms with Crippen LogP contribution in [0.1, 0.15) is 23.8 Å². The number of fused-ring (bicyclic) bond motifs is 1. The van der Waals surface area contributed by atoms with Crippen molar-refractivity contribution in [2.45, 2.75) is 13.3 Å². The topological polar surface area (TPSA) is 102 Å². The van der Waals surface area contributed by atoms with Gasteiger partial charge in [0.05, 0.1) is 26.8 Å². The maximum atomic E-state index is 12.8. The van der Waals surface area contributed by atoms with Gasteiger partial charge in [0.1, 0.15) is 11.4 Å². The molecule has 152 valence electrons. The quantitative estimate of drug-likeness (QED) is 0.563. The minimum Gasteiger partial charge on any atom is -0.496 e. The summed E-state index contributed by atoms with van der Waals surface area (Å²) in [4.78, 5) is 27.4. The molecule has 0 saturated heterocycles. The number of rotatable bonds is 7. The monoisotopic (exact) mass is 397 g/mol. The van der Waals surface area contributed by atoms with E-state index in [9.17, 15) is 9.59 Å². The molecule has 0 aliphatic rings. The standard InChI is InChI=1S/C21H23N3O5/c1-5-18(25)22-12-7-6-8-13(9-12)23-21(26)15-10-14-16(27-2)11-17(28-3)20(29-4)19(14)24-15/h6-11,24H,5H2,1-4H3,(H,22,25)(H,23,26). The maximum absolute atomic E-state index is 12.8. The van der Waals surface area contributed by atoms with E-state index in [4.69, 9.17) is 14.2 Å². The lowest BCUT2D eigenvalue weighted by molar-refractivity contribution is -0.115. The first kappa shape index (κ1) is 20.1. The summed E-state index contributed by atoms with van der Waals surface area (Å²) in [5.74, 6) is 1.08. The van der Waals surface area contributed by atoms with Crippen LogP contribution in [0.4, 0.5) is 11.4 Å². The minimum atomic E-state index is -0.344. The lowest BCUT2D eigenvalue weighted by Crippen LogP contribution is -2.13. The van der Waals surface area contributed by atoms with Crippen LogP contribution in [0.5, 0.6) is 17.2 Å². The molecule has 2 aromatic carbocycles. The van der Waals surface area contributed by atoms with Gasteiger partial charge >= 0.3 is 0 Å². The number of aromatic amines is 1. The second kappa shape index (κ2) is 8.55. The van der Waals surface area contributed by atoms with Crippen molar-refractivity contribution in [3.8, 4) is 17.2 Å². The molecule has 0 atom stereocenters. The van der Waals surface area contributed by atoms with Crippen molar-refractivity contribution in [1.82, 2.24) is 4.98 Å². The highest BCUT2D eigenvalue weighted by molar-refractivity contribution is 6.08. The summed E-state index contributed by atoms with van der Waals surface area (Å²) in [6.07, 6.45) is 0.374. The van der Waals surface area contributed by atoms with E-state index in [1.54, 1.807) is 50.4 Å². The first-order chi connectivity index (χ1) is 14.0. The zero-order chi connectivity index (χ0) is 21.0. The summed E-state index contributed by atoms with van der Waals surface area (Å²) in [5.41, 5.74) is 2.09. The summed E-state index contributed by atoms with van der Waals surface area (Å²) in [6.45, 7) is 1.77. The lowest BCUT2D eigenvalue weighted by atomic mass is 10.2. The zero-order valence-corrected chi connectivity index (χ0v) is 16.7. The van der Waals surface area contributed by atoms with E-state index >= 15 is 0 Å². The van der Waals surface area contributed by atoms with E-state index in [1.165, 1.54) is 14.2 Å². The average molecular weight is 397 g/mol. The largest absolute Gasteiger partial charge is 0.496 e. The van der Waals surface area contributed by atoms with Crippen molar-refractivity contribution >= 4 is 34.1 Å². The molecule has 0 saturated carbocycles. The second-order valence-corrected chi connectivity index (χ2v) is 6.22. The third-order valence-corrected chi connectivity index (χ3v) is 4.41. The Morgan fingerprint density at radius 3 is 2.24 bits per heavy atom. The number of methoxy groups -OCH3 is 3. The average Bonchev–Trinajstić information content (AvgIpc) is 3.18. The van der Waals surface area contributed by atoms with Crippen LogP contribution < -0.4 is 24.8 Å². The number of aromatic nitrogens is 1. The molecule has 1 aromatic heterocycles. The number of hydrogen-bond acceptors (Lipinski definition) is 5. The Hall–Kier alpha value is -3.68. The molecule has 1 heterocycles. The van der Waals surface area contributed by atoms with Gasteiger partial charge in [-0.25, -0.2) is 0 Å². The third kappa shape index (κ3) is 4.11. The van der Waals surface area contributed by atoms with E-state index in [0.717, 1.165) is 0 Å². The van der Waals surface area contributed by atoms with Crippen molar-refractivity contribution in [3.05, 3.63) is 42.1 Å². The fourth-order valence-corrected chi connectivity index (χ4v) is 2.98. The normalized spacial score (nSPS) is 10.5. The smallest absolute Gasteiger partial charge is 0.272 e. The summed E-state index contributed by atoms with van der Waals surface area (Å²) in [7, 11) is 4.61. The zero-order valence-electron chi connectivity index (χ0n) is 16.7. The number of benzene rings is 2. The number of carbonyl (C=O) groups excluding carboxylic acids is 2. The summed E-state index contributed by atoms with van der Waals surface area (Å²) in [5, 5.41) is 6.28. The van der Waals surface area contributed by atoms with Crippen LogP contribution in [0.2, 0.25) is 0 Å². The predicted octanol–water partition coefficient (Wildman–Crippen LogP) is 3.79. The Bertz CT molecular complexity index is 1060. The number of nitrogens with one attached hydrogen (secondary N) is 3. The molecule has 8 nitrogen and oxygen atoms in total. The summed E-state index contributed by atoms with van der Waals surface area (Å²) < 4.78 is 16.2. The molecule has 3 N–H and O–H groups in total. The Balaban J connectivity index is 1.92. The maximum Gasteiger partial charge on any atom is 0.272 e. The lowest BCUT2D eigenvalue weighted by Gasteiger charge is -2.11. The number of H-pyrrole nitrogens is 1. The van der Waals surface area contributed by atoms with Gasteiger partial charge in [-0.2, -0.15) is 0 Å². The van der Waals surface area contributed by atoms with E-state index in [2.05, 4.69) is 15.6 Å². The van der Waals surface area contributed by atoms with E-state index in [0.29, 0.717) is 51.6 Å².